The Morgan fingerprint density at radius 3 is 2.47 bits per heavy atom. The zero-order valence-corrected chi connectivity index (χ0v) is 11.5. The summed E-state index contributed by atoms with van der Waals surface area (Å²) in [6.45, 7) is 0. The van der Waals surface area contributed by atoms with Gasteiger partial charge in [-0.3, -0.25) is 4.79 Å². The van der Waals surface area contributed by atoms with Crippen LogP contribution in [0.1, 0.15) is 10.5 Å². The minimum Gasteiger partial charge on any atom is -0.497 e. The molecule has 98 valence electrons. The molecule has 0 fully saturated rings. The molecule has 0 aliphatic rings. The minimum absolute atomic E-state index is 0.0879. The molecule has 0 unspecified atom stereocenters. The van der Waals surface area contributed by atoms with E-state index in [1.54, 1.807) is 31.4 Å². The highest BCUT2D eigenvalue weighted by molar-refractivity contribution is 6.35. The van der Waals surface area contributed by atoms with Gasteiger partial charge in [-0.1, -0.05) is 23.2 Å². The number of benzene rings is 1. The Morgan fingerprint density at radius 1 is 1.16 bits per heavy atom. The van der Waals surface area contributed by atoms with Crippen LogP contribution < -0.4 is 10.1 Å². The molecule has 0 aliphatic heterocycles. The van der Waals surface area contributed by atoms with E-state index in [0.717, 1.165) is 0 Å². The number of hydrogen-bond acceptors (Lipinski definition) is 3. The molecule has 6 heteroatoms. The van der Waals surface area contributed by atoms with Gasteiger partial charge in [0.15, 0.2) is 0 Å². The Morgan fingerprint density at radius 2 is 1.84 bits per heavy atom. The molecular formula is C13H10Cl2N2O2. The monoisotopic (exact) mass is 296 g/mol. The SMILES string of the molecule is COc1ccc(NC(=O)c2nc(Cl)ccc2Cl)cc1. The lowest BCUT2D eigenvalue weighted by atomic mass is 10.3. The van der Waals surface area contributed by atoms with Gasteiger partial charge in [0.1, 0.15) is 16.6 Å². The van der Waals surface area contributed by atoms with Gasteiger partial charge in [-0.2, -0.15) is 0 Å². The number of amides is 1. The first kappa shape index (κ1) is 13.6. The number of methoxy groups -OCH3 is 1. The number of carbonyl (C=O) groups is 1. The van der Waals surface area contributed by atoms with Crippen LogP contribution in [0.25, 0.3) is 0 Å². The fourth-order valence-electron chi connectivity index (χ4n) is 1.44. The van der Waals surface area contributed by atoms with Crippen molar-refractivity contribution in [1.29, 1.82) is 0 Å². The van der Waals surface area contributed by atoms with E-state index in [0.29, 0.717) is 11.4 Å². The lowest BCUT2D eigenvalue weighted by molar-refractivity contribution is 0.102. The molecule has 1 N–H and O–H groups in total. The summed E-state index contributed by atoms with van der Waals surface area (Å²) >= 11 is 11.6. The number of pyridine rings is 1. The quantitative estimate of drug-likeness (QED) is 0.880. The predicted octanol–water partition coefficient (Wildman–Crippen LogP) is 3.65. The first-order chi connectivity index (χ1) is 9.10. The van der Waals surface area contributed by atoms with E-state index in [1.165, 1.54) is 12.1 Å². The highest BCUT2D eigenvalue weighted by Gasteiger charge is 2.13. The number of nitrogens with one attached hydrogen (secondary N) is 1. The molecule has 2 aromatic rings. The van der Waals surface area contributed by atoms with Gasteiger partial charge in [-0.15, -0.1) is 0 Å². The number of halogens is 2. The molecule has 0 aliphatic carbocycles. The maximum absolute atomic E-state index is 12.0. The van der Waals surface area contributed by atoms with Crippen molar-refractivity contribution in [1.82, 2.24) is 4.98 Å². The van der Waals surface area contributed by atoms with Crippen LogP contribution in [0.4, 0.5) is 5.69 Å². The fourth-order valence-corrected chi connectivity index (χ4v) is 1.78. The zero-order valence-electron chi connectivity index (χ0n) is 9.98. The van der Waals surface area contributed by atoms with Gasteiger partial charge >= 0.3 is 0 Å². The third kappa shape index (κ3) is 3.36. The molecule has 1 aromatic carbocycles. The molecule has 0 bridgehead atoms. The highest BCUT2D eigenvalue weighted by atomic mass is 35.5. The second kappa shape index (κ2) is 5.91. The molecule has 0 saturated heterocycles. The van der Waals surface area contributed by atoms with Crippen molar-refractivity contribution in [3.05, 3.63) is 52.3 Å². The van der Waals surface area contributed by atoms with E-state index < -0.39 is 5.91 Å². The van der Waals surface area contributed by atoms with E-state index >= 15 is 0 Å². The van der Waals surface area contributed by atoms with E-state index in [-0.39, 0.29) is 15.9 Å². The molecule has 4 nitrogen and oxygen atoms in total. The molecular weight excluding hydrogens is 287 g/mol. The summed E-state index contributed by atoms with van der Waals surface area (Å²) in [6.07, 6.45) is 0. The first-order valence-corrected chi connectivity index (χ1v) is 6.13. The van der Waals surface area contributed by atoms with Gasteiger partial charge in [0.05, 0.1) is 12.1 Å². The second-order valence-corrected chi connectivity index (χ2v) is 4.44. The molecule has 0 spiro atoms. The van der Waals surface area contributed by atoms with Gasteiger partial charge in [-0.05, 0) is 36.4 Å². The van der Waals surface area contributed by atoms with Crippen molar-refractivity contribution in [2.24, 2.45) is 0 Å². The molecule has 0 atom stereocenters. The molecule has 2 rings (SSSR count). The lowest BCUT2D eigenvalue weighted by Gasteiger charge is -2.07. The normalized spacial score (nSPS) is 10.1. The van der Waals surface area contributed by atoms with E-state index in [1.807, 2.05) is 0 Å². The first-order valence-electron chi connectivity index (χ1n) is 5.37. The Kier molecular flexibility index (Phi) is 4.24. The van der Waals surface area contributed by atoms with Crippen molar-refractivity contribution >= 4 is 34.8 Å². The summed E-state index contributed by atoms with van der Waals surface area (Å²) in [6, 6.07) is 9.96. The van der Waals surface area contributed by atoms with Crippen LogP contribution in [-0.2, 0) is 0 Å². The van der Waals surface area contributed by atoms with Crippen molar-refractivity contribution < 1.29 is 9.53 Å². The smallest absolute Gasteiger partial charge is 0.275 e. The molecule has 19 heavy (non-hydrogen) atoms. The summed E-state index contributed by atoms with van der Waals surface area (Å²) < 4.78 is 5.03. The third-order valence-electron chi connectivity index (χ3n) is 2.37. The van der Waals surface area contributed by atoms with E-state index in [9.17, 15) is 4.79 Å². The van der Waals surface area contributed by atoms with Crippen LogP contribution in [0, 0.1) is 0 Å². The summed E-state index contributed by atoms with van der Waals surface area (Å²) in [4.78, 5) is 15.9. The number of aromatic nitrogens is 1. The van der Waals surface area contributed by atoms with Crippen LogP contribution in [0.3, 0.4) is 0 Å². The standard InChI is InChI=1S/C13H10Cl2N2O2/c1-19-9-4-2-8(3-5-9)16-13(18)12-10(14)6-7-11(15)17-12/h2-7H,1H3,(H,16,18). The van der Waals surface area contributed by atoms with Crippen molar-refractivity contribution in [2.75, 3.05) is 12.4 Å². The number of rotatable bonds is 3. The van der Waals surface area contributed by atoms with Gasteiger partial charge < -0.3 is 10.1 Å². The minimum atomic E-state index is -0.419. The molecule has 1 amide bonds. The van der Waals surface area contributed by atoms with Crippen LogP contribution in [0.15, 0.2) is 36.4 Å². The van der Waals surface area contributed by atoms with Gasteiger partial charge in [0.2, 0.25) is 0 Å². The Labute approximate surface area is 120 Å². The maximum Gasteiger partial charge on any atom is 0.275 e. The topological polar surface area (TPSA) is 51.2 Å². The third-order valence-corrected chi connectivity index (χ3v) is 2.89. The number of carbonyl (C=O) groups excluding carboxylic acids is 1. The lowest BCUT2D eigenvalue weighted by Crippen LogP contribution is -2.14. The van der Waals surface area contributed by atoms with Crippen LogP contribution in [0.5, 0.6) is 5.75 Å². The summed E-state index contributed by atoms with van der Waals surface area (Å²) in [5, 5.41) is 3.14. The van der Waals surface area contributed by atoms with Crippen molar-refractivity contribution in [3.63, 3.8) is 0 Å². The average molecular weight is 297 g/mol. The fraction of sp³-hybridized carbons (Fsp3) is 0.0769. The molecule has 1 aromatic heterocycles. The summed E-state index contributed by atoms with van der Waals surface area (Å²) in [5.41, 5.74) is 0.702. The predicted molar refractivity (Wildman–Crippen MR) is 75.2 cm³/mol. The average Bonchev–Trinajstić information content (AvgIpc) is 2.42. The van der Waals surface area contributed by atoms with Gasteiger partial charge in [0, 0.05) is 5.69 Å². The molecule has 1 heterocycles. The Hall–Kier alpha value is -1.78. The van der Waals surface area contributed by atoms with E-state index in [2.05, 4.69) is 10.3 Å². The van der Waals surface area contributed by atoms with Crippen LogP contribution >= 0.6 is 23.2 Å². The van der Waals surface area contributed by atoms with Crippen molar-refractivity contribution in [3.8, 4) is 5.75 Å². The van der Waals surface area contributed by atoms with Crippen molar-refractivity contribution in [2.45, 2.75) is 0 Å². The zero-order chi connectivity index (χ0) is 13.8. The van der Waals surface area contributed by atoms with Gasteiger partial charge in [0.25, 0.3) is 5.91 Å². The highest BCUT2D eigenvalue weighted by Crippen LogP contribution is 2.19. The summed E-state index contributed by atoms with van der Waals surface area (Å²) in [7, 11) is 1.57. The van der Waals surface area contributed by atoms with Crippen LogP contribution in [0.2, 0.25) is 10.2 Å². The molecule has 0 saturated carbocycles. The molecule has 0 radical (unpaired) electrons. The largest absolute Gasteiger partial charge is 0.497 e. The Bertz CT molecular complexity index is 600. The number of anilines is 1. The van der Waals surface area contributed by atoms with Crippen LogP contribution in [-0.4, -0.2) is 18.0 Å². The van der Waals surface area contributed by atoms with Gasteiger partial charge in [-0.25, -0.2) is 4.98 Å². The van der Waals surface area contributed by atoms with E-state index in [4.69, 9.17) is 27.9 Å². The maximum atomic E-state index is 12.0. The number of nitrogens with zero attached hydrogens (tertiary/aromatic N) is 1. The number of ether oxygens (including phenoxy) is 1. The second-order valence-electron chi connectivity index (χ2n) is 3.65. The number of hydrogen-bond donors (Lipinski definition) is 1. The summed E-state index contributed by atoms with van der Waals surface area (Å²) in [5.74, 6) is 0.287. The Balaban J connectivity index is 2.18.